The third kappa shape index (κ3) is 4.46. The molecule has 0 saturated heterocycles. The van der Waals surface area contributed by atoms with Crippen LogP contribution in [0.4, 0.5) is 22.7 Å². The lowest BCUT2D eigenvalue weighted by atomic mass is 10.0. The Kier molecular flexibility index (Phi) is 6.38. The maximum Gasteiger partial charge on any atom is 0.0443 e. The van der Waals surface area contributed by atoms with Crippen LogP contribution in [-0.2, 0) is 6.42 Å². The van der Waals surface area contributed by atoms with E-state index in [4.69, 9.17) is 0 Å². The molecule has 0 heterocycles. The van der Waals surface area contributed by atoms with E-state index in [2.05, 4.69) is 123 Å². The van der Waals surface area contributed by atoms with Gasteiger partial charge >= 0.3 is 0 Å². The first-order valence-electron chi connectivity index (χ1n) is 12.9. The van der Waals surface area contributed by atoms with Crippen LogP contribution < -0.4 is 9.80 Å². The highest BCUT2D eigenvalue weighted by molar-refractivity contribution is 5.84. The summed E-state index contributed by atoms with van der Waals surface area (Å²) in [5.74, 6) is 0. The van der Waals surface area contributed by atoms with Gasteiger partial charge in [0.15, 0.2) is 0 Å². The molecule has 1 aliphatic rings. The number of anilines is 4. The van der Waals surface area contributed by atoms with E-state index in [0.717, 1.165) is 25.9 Å². The summed E-state index contributed by atoms with van der Waals surface area (Å²) in [6.45, 7) is 13.0. The minimum atomic E-state index is 0.947. The first-order valence-corrected chi connectivity index (χ1v) is 12.9. The van der Waals surface area contributed by atoms with Crippen molar-refractivity contribution in [2.45, 2.75) is 47.5 Å². The molecule has 0 fully saturated rings. The Labute approximate surface area is 210 Å². The first-order chi connectivity index (χ1) is 17.0. The fourth-order valence-corrected chi connectivity index (χ4v) is 5.34. The summed E-state index contributed by atoms with van der Waals surface area (Å²) in [7, 11) is 0. The molecule has 2 heteroatoms. The molecule has 0 aliphatic heterocycles. The van der Waals surface area contributed by atoms with E-state index in [1.165, 1.54) is 61.7 Å². The van der Waals surface area contributed by atoms with Crippen molar-refractivity contribution in [1.29, 1.82) is 0 Å². The van der Waals surface area contributed by atoms with Crippen LogP contribution in [0.25, 0.3) is 11.1 Å². The van der Waals surface area contributed by atoms with Crippen molar-refractivity contribution in [3.8, 4) is 11.1 Å². The van der Waals surface area contributed by atoms with Gasteiger partial charge in [0.05, 0.1) is 0 Å². The molecule has 35 heavy (non-hydrogen) atoms. The van der Waals surface area contributed by atoms with Gasteiger partial charge in [-0.15, -0.1) is 0 Å². The first kappa shape index (κ1) is 23.2. The highest BCUT2D eigenvalue weighted by Gasteiger charge is 2.23. The SMILES string of the molecule is CCCN(c1ccc(C)cc1)c1ccc2c(c1)-c1cc(C)c(N(CC)c3ccc(C)cc3)cc1C2. The molecule has 0 atom stereocenters. The molecule has 4 aromatic carbocycles. The van der Waals surface area contributed by atoms with Gasteiger partial charge in [-0.3, -0.25) is 0 Å². The number of hydrogen-bond donors (Lipinski definition) is 0. The summed E-state index contributed by atoms with van der Waals surface area (Å²) < 4.78 is 0. The van der Waals surface area contributed by atoms with Crippen LogP contribution in [0.3, 0.4) is 0 Å². The number of fused-ring (bicyclic) bond motifs is 3. The Morgan fingerprint density at radius 1 is 0.600 bits per heavy atom. The molecule has 0 bridgehead atoms. The molecule has 4 aromatic rings. The topological polar surface area (TPSA) is 6.48 Å². The normalized spacial score (nSPS) is 11.8. The molecule has 5 rings (SSSR count). The maximum absolute atomic E-state index is 2.45. The Bertz CT molecular complexity index is 1330. The second kappa shape index (κ2) is 9.62. The third-order valence-electron chi connectivity index (χ3n) is 7.24. The number of nitrogens with zero attached hydrogens (tertiary/aromatic N) is 2. The Morgan fingerprint density at radius 3 is 1.77 bits per heavy atom. The molecule has 1 aliphatic carbocycles. The average molecular weight is 461 g/mol. The Hall–Kier alpha value is -3.52. The van der Waals surface area contributed by atoms with Crippen molar-refractivity contribution >= 4 is 22.7 Å². The lowest BCUT2D eigenvalue weighted by Crippen LogP contribution is -2.17. The van der Waals surface area contributed by atoms with Crippen molar-refractivity contribution in [2.24, 2.45) is 0 Å². The van der Waals surface area contributed by atoms with Gasteiger partial charge in [0, 0.05) is 35.8 Å². The van der Waals surface area contributed by atoms with E-state index in [-0.39, 0.29) is 0 Å². The van der Waals surface area contributed by atoms with Gasteiger partial charge in [0.1, 0.15) is 0 Å². The molecule has 0 amide bonds. The van der Waals surface area contributed by atoms with Crippen molar-refractivity contribution in [3.63, 3.8) is 0 Å². The summed E-state index contributed by atoms with van der Waals surface area (Å²) in [6, 6.07) is 29.7. The zero-order valence-electron chi connectivity index (χ0n) is 21.7. The maximum atomic E-state index is 2.45. The second-order valence-electron chi connectivity index (χ2n) is 9.88. The van der Waals surface area contributed by atoms with Gasteiger partial charge in [-0.05, 0) is 117 Å². The van der Waals surface area contributed by atoms with Crippen LogP contribution in [0.1, 0.15) is 48.1 Å². The highest BCUT2D eigenvalue weighted by Crippen LogP contribution is 2.43. The van der Waals surface area contributed by atoms with Crippen molar-refractivity contribution in [3.05, 3.63) is 107 Å². The molecule has 2 nitrogen and oxygen atoms in total. The summed E-state index contributed by atoms with van der Waals surface area (Å²) in [5.41, 5.74) is 14.7. The second-order valence-corrected chi connectivity index (χ2v) is 9.88. The minimum absolute atomic E-state index is 0.947. The Balaban J connectivity index is 1.52. The van der Waals surface area contributed by atoms with E-state index in [1.54, 1.807) is 0 Å². The molecule has 0 aromatic heterocycles. The number of benzene rings is 4. The van der Waals surface area contributed by atoms with Gasteiger partial charge in [0.2, 0.25) is 0 Å². The van der Waals surface area contributed by atoms with E-state index >= 15 is 0 Å². The zero-order valence-corrected chi connectivity index (χ0v) is 21.7. The fourth-order valence-electron chi connectivity index (χ4n) is 5.34. The fraction of sp³-hybridized carbons (Fsp3) is 0.273. The molecule has 0 radical (unpaired) electrons. The molecule has 178 valence electrons. The van der Waals surface area contributed by atoms with Crippen LogP contribution in [0.5, 0.6) is 0 Å². The molecule has 0 spiro atoms. The zero-order chi connectivity index (χ0) is 24.5. The lowest BCUT2D eigenvalue weighted by Gasteiger charge is -2.26. The van der Waals surface area contributed by atoms with Crippen LogP contribution in [-0.4, -0.2) is 13.1 Å². The highest BCUT2D eigenvalue weighted by atomic mass is 15.1. The summed E-state index contributed by atoms with van der Waals surface area (Å²) in [6.07, 6.45) is 2.11. The average Bonchev–Trinajstić information content (AvgIpc) is 3.21. The standard InChI is InChI=1S/C33H36N2/c1-6-18-35(29-15-10-24(4)11-16-29)30-17-12-26-20-27-21-33(25(5)19-31(27)32(26)22-30)34(7-2)28-13-8-23(3)9-14-28/h8-17,19,21-22H,6-7,18,20H2,1-5H3. The Morgan fingerprint density at radius 2 is 1.17 bits per heavy atom. The molecule has 0 saturated carbocycles. The van der Waals surface area contributed by atoms with E-state index in [0.29, 0.717) is 0 Å². The van der Waals surface area contributed by atoms with Crippen LogP contribution in [0, 0.1) is 20.8 Å². The van der Waals surface area contributed by atoms with Gasteiger partial charge in [0.25, 0.3) is 0 Å². The molecule has 0 N–H and O–H groups in total. The summed E-state index contributed by atoms with van der Waals surface area (Å²) in [5, 5.41) is 0. The third-order valence-corrected chi connectivity index (χ3v) is 7.24. The monoisotopic (exact) mass is 460 g/mol. The predicted octanol–water partition coefficient (Wildman–Crippen LogP) is 8.89. The molecular formula is C33H36N2. The van der Waals surface area contributed by atoms with Crippen LogP contribution in [0.2, 0.25) is 0 Å². The quantitative estimate of drug-likeness (QED) is 0.239. The minimum Gasteiger partial charge on any atom is -0.342 e. The molecule has 0 unspecified atom stereocenters. The predicted molar refractivity (Wildman–Crippen MR) is 152 cm³/mol. The van der Waals surface area contributed by atoms with E-state index in [9.17, 15) is 0 Å². The van der Waals surface area contributed by atoms with Crippen LogP contribution in [0.15, 0.2) is 78.9 Å². The largest absolute Gasteiger partial charge is 0.342 e. The number of hydrogen-bond acceptors (Lipinski definition) is 2. The van der Waals surface area contributed by atoms with Crippen molar-refractivity contribution in [1.82, 2.24) is 0 Å². The summed E-state index contributed by atoms with van der Waals surface area (Å²) in [4.78, 5) is 4.89. The smallest absolute Gasteiger partial charge is 0.0443 e. The van der Waals surface area contributed by atoms with Gasteiger partial charge in [-0.2, -0.15) is 0 Å². The lowest BCUT2D eigenvalue weighted by molar-refractivity contribution is 0.885. The van der Waals surface area contributed by atoms with E-state index < -0.39 is 0 Å². The number of aryl methyl sites for hydroxylation is 3. The van der Waals surface area contributed by atoms with Crippen LogP contribution >= 0.6 is 0 Å². The van der Waals surface area contributed by atoms with E-state index in [1.807, 2.05) is 0 Å². The molecular weight excluding hydrogens is 424 g/mol. The van der Waals surface area contributed by atoms with Gasteiger partial charge in [-0.1, -0.05) is 48.4 Å². The van der Waals surface area contributed by atoms with Crippen molar-refractivity contribution < 1.29 is 0 Å². The van der Waals surface area contributed by atoms with Gasteiger partial charge < -0.3 is 9.80 Å². The summed E-state index contributed by atoms with van der Waals surface area (Å²) >= 11 is 0. The van der Waals surface area contributed by atoms with Crippen molar-refractivity contribution in [2.75, 3.05) is 22.9 Å². The van der Waals surface area contributed by atoms with Gasteiger partial charge in [-0.25, -0.2) is 0 Å². The number of rotatable bonds is 7.